The minimum Gasteiger partial charge on any atom is -0.497 e. The largest absolute Gasteiger partial charge is 0.497 e. The highest BCUT2D eigenvalue weighted by atomic mass is 16.5. The second-order valence-corrected chi connectivity index (χ2v) is 9.13. The molecule has 1 aliphatic rings. The molecule has 0 N–H and O–H groups in total. The van der Waals surface area contributed by atoms with Crippen molar-refractivity contribution in [3.63, 3.8) is 0 Å². The van der Waals surface area contributed by atoms with Gasteiger partial charge in [0.2, 0.25) is 5.91 Å². The number of hydrogen-bond acceptors (Lipinski definition) is 6. The third-order valence-electron chi connectivity index (χ3n) is 7.35. The van der Waals surface area contributed by atoms with Gasteiger partial charge in [0.15, 0.2) is 0 Å². The number of β-lactam (4-membered cyclic amide) rings is 1. The molecule has 200 valence electrons. The molecule has 1 heterocycles. The summed E-state index contributed by atoms with van der Waals surface area (Å²) < 4.78 is 28.3. The molecule has 1 atom stereocenters. The van der Waals surface area contributed by atoms with E-state index in [0.717, 1.165) is 11.3 Å². The molecule has 1 saturated heterocycles. The molecule has 0 aromatic heterocycles. The second-order valence-electron chi connectivity index (χ2n) is 9.13. The molecule has 0 saturated carbocycles. The molecule has 4 aromatic rings. The van der Waals surface area contributed by atoms with Crippen molar-refractivity contribution >= 4 is 11.6 Å². The van der Waals surface area contributed by atoms with E-state index in [1.54, 1.807) is 35.5 Å². The van der Waals surface area contributed by atoms with E-state index in [1.165, 1.54) is 0 Å². The Bertz CT molecular complexity index is 1410. The van der Waals surface area contributed by atoms with Gasteiger partial charge in [-0.25, -0.2) is 0 Å². The summed E-state index contributed by atoms with van der Waals surface area (Å²) in [6.45, 7) is 0. The number of anilines is 1. The van der Waals surface area contributed by atoms with Gasteiger partial charge in [0.1, 0.15) is 34.2 Å². The first kappa shape index (κ1) is 26.0. The highest BCUT2D eigenvalue weighted by Crippen LogP contribution is 2.61. The van der Waals surface area contributed by atoms with Crippen LogP contribution in [0.5, 0.6) is 28.7 Å². The average Bonchev–Trinajstić information content (AvgIpc) is 3.00. The van der Waals surface area contributed by atoms with E-state index in [-0.39, 0.29) is 5.91 Å². The number of ether oxygens (including phenoxy) is 5. The van der Waals surface area contributed by atoms with Crippen LogP contribution < -0.4 is 28.6 Å². The third kappa shape index (κ3) is 4.11. The Labute approximate surface area is 228 Å². The first-order chi connectivity index (χ1) is 19.0. The number of nitrogens with zero attached hydrogens (tertiary/aromatic N) is 1. The lowest BCUT2D eigenvalue weighted by Gasteiger charge is -2.57. The van der Waals surface area contributed by atoms with Gasteiger partial charge in [0.05, 0.1) is 41.6 Å². The van der Waals surface area contributed by atoms with Crippen LogP contribution in [0.4, 0.5) is 5.69 Å². The summed E-state index contributed by atoms with van der Waals surface area (Å²) in [6, 6.07) is 28.0. The highest BCUT2D eigenvalue weighted by Gasteiger charge is 2.65. The molecule has 5 rings (SSSR count). The van der Waals surface area contributed by atoms with Gasteiger partial charge < -0.3 is 28.6 Å². The molecule has 0 bridgehead atoms. The van der Waals surface area contributed by atoms with Crippen LogP contribution in [0.15, 0.2) is 91.0 Å². The van der Waals surface area contributed by atoms with Gasteiger partial charge in [0.25, 0.3) is 0 Å². The summed E-state index contributed by atoms with van der Waals surface area (Å²) in [5.41, 5.74) is 1.79. The number of carbonyl (C=O) groups excluding carboxylic acids is 1. The molecule has 0 radical (unpaired) electrons. The number of hydrogen-bond donors (Lipinski definition) is 0. The number of rotatable bonds is 9. The molecule has 1 fully saturated rings. The third-order valence-corrected chi connectivity index (χ3v) is 7.35. The van der Waals surface area contributed by atoms with Crippen molar-refractivity contribution in [3.8, 4) is 28.7 Å². The Kier molecular flexibility index (Phi) is 7.07. The van der Waals surface area contributed by atoms with Gasteiger partial charge in [-0.15, -0.1) is 0 Å². The topological polar surface area (TPSA) is 66.5 Å². The van der Waals surface area contributed by atoms with Gasteiger partial charge in [-0.1, -0.05) is 30.3 Å². The van der Waals surface area contributed by atoms with Crippen LogP contribution in [0.25, 0.3) is 0 Å². The van der Waals surface area contributed by atoms with Crippen molar-refractivity contribution in [1.82, 2.24) is 0 Å². The van der Waals surface area contributed by atoms with Gasteiger partial charge >= 0.3 is 0 Å². The maximum atomic E-state index is 14.9. The fraction of sp³-hybridized carbons (Fsp3) is 0.219. The van der Waals surface area contributed by atoms with Gasteiger partial charge in [-0.05, 0) is 66.2 Å². The fourth-order valence-electron chi connectivity index (χ4n) is 5.51. The average molecular weight is 526 g/mol. The zero-order valence-corrected chi connectivity index (χ0v) is 22.6. The maximum absolute atomic E-state index is 14.9. The van der Waals surface area contributed by atoms with Crippen LogP contribution >= 0.6 is 0 Å². The first-order valence-corrected chi connectivity index (χ1v) is 12.5. The summed E-state index contributed by atoms with van der Waals surface area (Å²) in [7, 11) is 8.02. The Hall–Kier alpha value is -4.65. The molecular weight excluding hydrogens is 494 g/mol. The lowest BCUT2D eigenvalue weighted by Crippen LogP contribution is -2.67. The van der Waals surface area contributed by atoms with E-state index in [1.807, 2.05) is 95.9 Å². The van der Waals surface area contributed by atoms with Crippen molar-refractivity contribution in [2.24, 2.45) is 0 Å². The van der Waals surface area contributed by atoms with Gasteiger partial charge in [-0.2, -0.15) is 0 Å². The monoisotopic (exact) mass is 525 g/mol. The predicted molar refractivity (Wildman–Crippen MR) is 150 cm³/mol. The molecule has 39 heavy (non-hydrogen) atoms. The standard InChI is InChI=1S/C32H31NO6/c1-35-23-13-11-22(12-14-23)33-30(21-9-7-6-8-10-21)32(31(33)34,26-19-24(36-2)15-17-28(26)38-4)27-20-25(37-3)16-18-29(27)39-5/h6-20,30H,1-5H3/t30-/m1/s1. The van der Waals surface area contributed by atoms with E-state index in [2.05, 4.69) is 0 Å². The zero-order chi connectivity index (χ0) is 27.6. The van der Waals surface area contributed by atoms with E-state index < -0.39 is 11.5 Å². The molecule has 7 nitrogen and oxygen atoms in total. The molecule has 7 heteroatoms. The molecular formula is C32H31NO6. The van der Waals surface area contributed by atoms with Crippen molar-refractivity contribution in [2.75, 3.05) is 40.4 Å². The van der Waals surface area contributed by atoms with Crippen LogP contribution in [0.1, 0.15) is 22.7 Å². The van der Waals surface area contributed by atoms with Crippen molar-refractivity contribution in [3.05, 3.63) is 108 Å². The molecule has 0 unspecified atom stereocenters. The second kappa shape index (κ2) is 10.6. The van der Waals surface area contributed by atoms with E-state index in [0.29, 0.717) is 39.9 Å². The van der Waals surface area contributed by atoms with Crippen molar-refractivity contribution in [2.45, 2.75) is 11.5 Å². The minimum atomic E-state index is -1.24. The SMILES string of the molecule is COc1ccc(N2C(=O)C(c3cc(OC)ccc3OC)(c3cc(OC)ccc3OC)[C@H]2c2ccccc2)cc1. The zero-order valence-electron chi connectivity index (χ0n) is 22.6. The van der Waals surface area contributed by atoms with Crippen LogP contribution in [-0.4, -0.2) is 41.5 Å². The molecule has 1 aliphatic heterocycles. The predicted octanol–water partition coefficient (Wildman–Crippen LogP) is 5.80. The van der Waals surface area contributed by atoms with Crippen LogP contribution in [0.2, 0.25) is 0 Å². The molecule has 4 aromatic carbocycles. The fourth-order valence-corrected chi connectivity index (χ4v) is 5.51. The summed E-state index contributed by atoms with van der Waals surface area (Å²) in [6.07, 6.45) is 0. The molecule has 0 spiro atoms. The first-order valence-electron chi connectivity index (χ1n) is 12.5. The lowest BCUT2D eigenvalue weighted by molar-refractivity contribution is -0.131. The molecule has 1 amide bonds. The Morgan fingerprint density at radius 2 is 1.08 bits per heavy atom. The van der Waals surface area contributed by atoms with Crippen LogP contribution in [-0.2, 0) is 10.2 Å². The smallest absolute Gasteiger partial charge is 0.245 e. The number of amides is 1. The highest BCUT2D eigenvalue weighted by molar-refractivity contribution is 6.13. The van der Waals surface area contributed by atoms with E-state index in [4.69, 9.17) is 23.7 Å². The number of benzene rings is 4. The summed E-state index contributed by atoms with van der Waals surface area (Å²) in [5, 5.41) is 0. The molecule has 0 aliphatic carbocycles. The number of carbonyl (C=O) groups is 1. The van der Waals surface area contributed by atoms with Crippen LogP contribution in [0.3, 0.4) is 0 Å². The Morgan fingerprint density at radius 1 is 0.590 bits per heavy atom. The van der Waals surface area contributed by atoms with Crippen molar-refractivity contribution < 1.29 is 28.5 Å². The normalized spacial score (nSPS) is 15.8. The summed E-state index contributed by atoms with van der Waals surface area (Å²) >= 11 is 0. The Morgan fingerprint density at radius 3 is 1.54 bits per heavy atom. The van der Waals surface area contributed by atoms with Crippen LogP contribution in [0, 0.1) is 0 Å². The Balaban J connectivity index is 1.87. The lowest BCUT2D eigenvalue weighted by atomic mass is 9.59. The van der Waals surface area contributed by atoms with E-state index >= 15 is 0 Å². The summed E-state index contributed by atoms with van der Waals surface area (Å²) in [5.74, 6) is 2.90. The quantitative estimate of drug-likeness (QED) is 0.257. The van der Waals surface area contributed by atoms with Gasteiger partial charge in [0, 0.05) is 16.8 Å². The minimum absolute atomic E-state index is 0.139. The maximum Gasteiger partial charge on any atom is 0.245 e. The van der Waals surface area contributed by atoms with E-state index in [9.17, 15) is 4.79 Å². The number of methoxy groups -OCH3 is 5. The van der Waals surface area contributed by atoms with Gasteiger partial charge in [-0.3, -0.25) is 4.79 Å². The summed E-state index contributed by atoms with van der Waals surface area (Å²) in [4.78, 5) is 16.7. The van der Waals surface area contributed by atoms with Crippen molar-refractivity contribution in [1.29, 1.82) is 0 Å².